The Morgan fingerprint density at radius 3 is 2.83 bits per heavy atom. The number of fused-ring (bicyclic) bond motifs is 1. The molecule has 0 aromatic carbocycles. The lowest BCUT2D eigenvalue weighted by molar-refractivity contribution is -0.119. The van der Waals surface area contributed by atoms with E-state index in [0.717, 1.165) is 31.5 Å². The Balaban J connectivity index is 1.36. The van der Waals surface area contributed by atoms with Crippen molar-refractivity contribution in [3.8, 4) is 0 Å². The van der Waals surface area contributed by atoms with Crippen LogP contribution >= 0.6 is 0 Å². The van der Waals surface area contributed by atoms with Gasteiger partial charge < -0.3 is 20.9 Å². The molecule has 0 spiro atoms. The molecule has 0 radical (unpaired) electrons. The summed E-state index contributed by atoms with van der Waals surface area (Å²) in [6, 6.07) is 5.82. The molecule has 1 aliphatic carbocycles. The molecule has 2 fully saturated rings. The van der Waals surface area contributed by atoms with Crippen LogP contribution in [0.5, 0.6) is 0 Å². The molecular weight excluding hydrogens is 386 g/mol. The average molecular weight is 409 g/mol. The zero-order valence-corrected chi connectivity index (χ0v) is 16.6. The molecular formula is C19H23N9O2. The normalized spacial score (nSPS) is 18.6. The highest BCUT2D eigenvalue weighted by Crippen LogP contribution is 2.23. The van der Waals surface area contributed by atoms with Crippen LogP contribution < -0.4 is 20.9 Å². The van der Waals surface area contributed by atoms with E-state index in [1.54, 1.807) is 6.07 Å². The number of nitrogens with zero attached hydrogens (tertiary/aromatic N) is 5. The maximum Gasteiger partial charge on any atom is 0.269 e. The Morgan fingerprint density at radius 2 is 2.03 bits per heavy atom. The lowest BCUT2D eigenvalue weighted by Crippen LogP contribution is -2.36. The van der Waals surface area contributed by atoms with Crippen LogP contribution in [0.3, 0.4) is 0 Å². The molecule has 1 atom stereocenters. The Bertz CT molecular complexity index is 1100. The van der Waals surface area contributed by atoms with Gasteiger partial charge in [0.25, 0.3) is 5.91 Å². The van der Waals surface area contributed by atoms with Gasteiger partial charge >= 0.3 is 0 Å². The summed E-state index contributed by atoms with van der Waals surface area (Å²) in [7, 11) is 0. The third kappa shape index (κ3) is 3.78. The van der Waals surface area contributed by atoms with Gasteiger partial charge in [-0.05, 0) is 31.4 Å². The molecule has 11 heteroatoms. The van der Waals surface area contributed by atoms with Crippen molar-refractivity contribution >= 4 is 35.2 Å². The van der Waals surface area contributed by atoms with Crippen molar-refractivity contribution in [2.24, 2.45) is 0 Å². The lowest BCUT2D eigenvalue weighted by Gasteiger charge is -2.18. The van der Waals surface area contributed by atoms with Gasteiger partial charge in [0.05, 0.1) is 0 Å². The van der Waals surface area contributed by atoms with Gasteiger partial charge in [-0.1, -0.05) is 0 Å². The summed E-state index contributed by atoms with van der Waals surface area (Å²) in [6.07, 6.45) is 4.76. The predicted octanol–water partition coefficient (Wildman–Crippen LogP) is 0.803. The largest absolute Gasteiger partial charge is 0.352 e. The highest BCUT2D eigenvalue weighted by atomic mass is 16.2. The van der Waals surface area contributed by atoms with Gasteiger partial charge in [-0.3, -0.25) is 19.1 Å². The smallest absolute Gasteiger partial charge is 0.269 e. The van der Waals surface area contributed by atoms with Crippen molar-refractivity contribution < 1.29 is 9.59 Å². The molecule has 1 saturated carbocycles. The molecule has 3 aromatic heterocycles. The van der Waals surface area contributed by atoms with E-state index in [0.29, 0.717) is 30.0 Å². The Labute approximate surface area is 172 Å². The first kappa shape index (κ1) is 18.4. The van der Waals surface area contributed by atoms with Crippen LogP contribution in [-0.2, 0) is 4.79 Å². The minimum Gasteiger partial charge on any atom is -0.352 e. The number of rotatable bonds is 6. The van der Waals surface area contributed by atoms with E-state index < -0.39 is 0 Å². The first-order chi connectivity index (χ1) is 14.5. The number of carbonyl (C=O) groups excluding carboxylic acids is 2. The summed E-state index contributed by atoms with van der Waals surface area (Å²) in [6.45, 7) is 2.94. The van der Waals surface area contributed by atoms with Crippen molar-refractivity contribution in [1.82, 2.24) is 35.2 Å². The monoisotopic (exact) mass is 409 g/mol. The summed E-state index contributed by atoms with van der Waals surface area (Å²) >= 11 is 0. The van der Waals surface area contributed by atoms with Crippen LogP contribution in [0.15, 0.2) is 24.4 Å². The van der Waals surface area contributed by atoms with Gasteiger partial charge in [0, 0.05) is 44.4 Å². The first-order valence-electron chi connectivity index (χ1n) is 10.1. The van der Waals surface area contributed by atoms with Gasteiger partial charge in [0.2, 0.25) is 17.8 Å². The van der Waals surface area contributed by atoms with Gasteiger partial charge in [0.1, 0.15) is 11.3 Å². The fraction of sp³-hybridized carbons (Fsp3) is 0.421. The molecule has 156 valence electrons. The van der Waals surface area contributed by atoms with Crippen molar-refractivity contribution in [1.29, 1.82) is 0 Å². The zero-order chi connectivity index (χ0) is 20.7. The second kappa shape index (κ2) is 7.32. The molecule has 4 N–H and O–H groups in total. The first-order valence-corrected chi connectivity index (χ1v) is 10.1. The van der Waals surface area contributed by atoms with Crippen molar-refractivity contribution in [2.75, 3.05) is 23.3 Å². The number of aromatic amines is 1. The number of aromatic nitrogens is 5. The minimum atomic E-state index is -0.159. The van der Waals surface area contributed by atoms with Gasteiger partial charge in [0.15, 0.2) is 5.82 Å². The second-order valence-electron chi connectivity index (χ2n) is 7.76. The standard InChI is InChI=1S/C19H23N9O2/c1-11(29)20-13-6-8-27(10-13)18-23-16-3-2-7-28(16)19(24-18)22-15-9-14(25-26-15)17(30)21-12-4-5-12/h2-3,7,9,12-13H,4-6,8,10H2,1H3,(H,20,29)(H,21,30)(H2,22,23,24,25,26). The van der Waals surface area contributed by atoms with Crippen LogP contribution in [0.4, 0.5) is 17.7 Å². The highest BCUT2D eigenvalue weighted by molar-refractivity contribution is 5.93. The number of anilines is 3. The Morgan fingerprint density at radius 1 is 1.17 bits per heavy atom. The molecule has 1 saturated heterocycles. The molecule has 1 aliphatic heterocycles. The van der Waals surface area contributed by atoms with E-state index in [4.69, 9.17) is 0 Å². The third-order valence-corrected chi connectivity index (χ3v) is 5.23. The molecule has 5 rings (SSSR count). The molecule has 2 amide bonds. The molecule has 0 bridgehead atoms. The fourth-order valence-electron chi connectivity index (χ4n) is 3.60. The summed E-state index contributed by atoms with van der Waals surface area (Å²) in [5.74, 6) is 1.43. The summed E-state index contributed by atoms with van der Waals surface area (Å²) in [4.78, 5) is 34.9. The summed E-state index contributed by atoms with van der Waals surface area (Å²) in [5, 5.41) is 16.0. The van der Waals surface area contributed by atoms with Crippen molar-refractivity contribution in [3.05, 3.63) is 30.1 Å². The topological polar surface area (TPSA) is 132 Å². The molecule has 3 aromatic rings. The van der Waals surface area contributed by atoms with Gasteiger partial charge in [-0.2, -0.15) is 15.1 Å². The lowest BCUT2D eigenvalue weighted by atomic mass is 10.3. The second-order valence-corrected chi connectivity index (χ2v) is 7.76. The predicted molar refractivity (Wildman–Crippen MR) is 110 cm³/mol. The van der Waals surface area contributed by atoms with Crippen molar-refractivity contribution in [2.45, 2.75) is 38.3 Å². The highest BCUT2D eigenvalue weighted by Gasteiger charge is 2.26. The zero-order valence-electron chi connectivity index (χ0n) is 16.6. The molecule has 11 nitrogen and oxygen atoms in total. The number of amides is 2. The molecule has 2 aliphatic rings. The molecule has 1 unspecified atom stereocenters. The van der Waals surface area contributed by atoms with Crippen LogP contribution in [-0.4, -0.2) is 61.6 Å². The number of H-pyrrole nitrogens is 1. The van der Waals surface area contributed by atoms with E-state index in [-0.39, 0.29) is 23.9 Å². The van der Waals surface area contributed by atoms with E-state index >= 15 is 0 Å². The van der Waals surface area contributed by atoms with Gasteiger partial charge in [-0.25, -0.2) is 0 Å². The fourth-order valence-corrected chi connectivity index (χ4v) is 3.60. The van der Waals surface area contributed by atoms with E-state index in [9.17, 15) is 9.59 Å². The Kier molecular flexibility index (Phi) is 4.49. The summed E-state index contributed by atoms with van der Waals surface area (Å²) in [5.41, 5.74) is 1.15. The number of hydrogen-bond donors (Lipinski definition) is 4. The SMILES string of the molecule is CC(=O)NC1CCN(c2nc(Nc3cc(C(=O)NC4CC4)[nH]n3)n3cccc3n2)C1. The minimum absolute atomic E-state index is 0.0350. The molecule has 4 heterocycles. The molecule has 30 heavy (non-hydrogen) atoms. The number of carbonyl (C=O) groups is 2. The van der Waals surface area contributed by atoms with Gasteiger partial charge in [-0.15, -0.1) is 0 Å². The van der Waals surface area contributed by atoms with Crippen LogP contribution in [0.1, 0.15) is 36.7 Å². The third-order valence-electron chi connectivity index (χ3n) is 5.23. The quantitative estimate of drug-likeness (QED) is 0.473. The summed E-state index contributed by atoms with van der Waals surface area (Å²) < 4.78 is 1.82. The number of nitrogens with one attached hydrogen (secondary N) is 4. The van der Waals surface area contributed by atoms with Crippen LogP contribution in [0, 0.1) is 0 Å². The average Bonchev–Trinajstić information content (AvgIpc) is 3.13. The maximum absolute atomic E-state index is 12.2. The van der Waals surface area contributed by atoms with Crippen molar-refractivity contribution in [3.63, 3.8) is 0 Å². The van der Waals surface area contributed by atoms with E-state index in [1.807, 2.05) is 22.7 Å². The van der Waals surface area contributed by atoms with Crippen LogP contribution in [0.2, 0.25) is 0 Å². The number of hydrogen-bond acceptors (Lipinski definition) is 7. The van der Waals surface area contributed by atoms with E-state index in [2.05, 4.69) is 41.0 Å². The maximum atomic E-state index is 12.2. The Hall–Kier alpha value is -3.63. The van der Waals surface area contributed by atoms with Crippen LogP contribution in [0.25, 0.3) is 5.65 Å². The van der Waals surface area contributed by atoms with E-state index in [1.165, 1.54) is 6.92 Å².